The molecule has 0 radical (unpaired) electrons. The van der Waals surface area contributed by atoms with Crippen molar-refractivity contribution in [1.29, 1.82) is 0 Å². The Morgan fingerprint density at radius 3 is 2.47 bits per heavy atom. The van der Waals surface area contributed by atoms with Gasteiger partial charge in [-0.15, -0.1) is 0 Å². The zero-order chi connectivity index (χ0) is 31.2. The largest absolute Gasteiger partial charge is 0.494 e. The number of nitrogens with zero attached hydrogens (tertiary/aromatic N) is 3. The maximum absolute atomic E-state index is 14.6. The number of aliphatic hydroxyl groups is 1. The minimum atomic E-state index is -5.35. The smallest absolute Gasteiger partial charge is 0.424 e. The van der Waals surface area contributed by atoms with Crippen LogP contribution in [0.1, 0.15) is 28.5 Å². The molecule has 0 spiro atoms. The molecule has 0 saturated heterocycles. The summed E-state index contributed by atoms with van der Waals surface area (Å²) in [6.45, 7) is -1.07. The average molecular weight is 605 g/mol. The number of ether oxygens (including phenoxy) is 3. The molecule has 0 unspecified atom stereocenters. The number of fused-ring (bicyclic) bond motifs is 2. The first-order chi connectivity index (χ1) is 20.3. The number of carbonyl (C=O) groups is 1. The van der Waals surface area contributed by atoms with E-state index in [2.05, 4.69) is 20.3 Å². The number of nitrogens with one attached hydrogen (secondary N) is 1. The van der Waals surface area contributed by atoms with E-state index in [0.717, 1.165) is 18.2 Å². The van der Waals surface area contributed by atoms with E-state index >= 15 is 0 Å². The van der Waals surface area contributed by atoms with Crippen LogP contribution in [-0.4, -0.2) is 66.2 Å². The van der Waals surface area contributed by atoms with Gasteiger partial charge in [-0.25, -0.2) is 18.7 Å². The summed E-state index contributed by atoms with van der Waals surface area (Å²) in [5.74, 6) is -1.43. The molecule has 4 aromatic rings. The SMILES string of the molecule is COc1ncc2cc(C(=O)NC[C@](O)(c3cc4c(c(-c5ccc(F)cc5)n3)OC[C@]4(C)CF)C(F)(F)F)cc(OC)c2n1. The number of aromatic nitrogens is 3. The van der Waals surface area contributed by atoms with Gasteiger partial charge in [0, 0.05) is 28.3 Å². The molecule has 0 fully saturated rings. The predicted molar refractivity (Wildman–Crippen MR) is 143 cm³/mol. The lowest BCUT2D eigenvalue weighted by atomic mass is 9.83. The van der Waals surface area contributed by atoms with Crippen molar-refractivity contribution in [2.75, 3.05) is 34.0 Å². The lowest BCUT2D eigenvalue weighted by molar-refractivity contribution is -0.265. The van der Waals surface area contributed by atoms with Gasteiger partial charge < -0.3 is 24.6 Å². The molecule has 5 rings (SSSR count). The number of amides is 1. The third-order valence-corrected chi connectivity index (χ3v) is 7.26. The van der Waals surface area contributed by atoms with E-state index in [1.54, 1.807) is 0 Å². The van der Waals surface area contributed by atoms with Crippen molar-refractivity contribution >= 4 is 16.8 Å². The van der Waals surface area contributed by atoms with E-state index in [1.165, 1.54) is 51.6 Å². The topological polar surface area (TPSA) is 116 Å². The molecular weight excluding hydrogens is 579 g/mol. The summed E-state index contributed by atoms with van der Waals surface area (Å²) >= 11 is 0. The Kier molecular flexibility index (Phi) is 7.59. The highest BCUT2D eigenvalue weighted by molar-refractivity contribution is 5.99. The number of hydrogen-bond donors (Lipinski definition) is 2. The monoisotopic (exact) mass is 604 g/mol. The molecule has 2 atom stereocenters. The number of carbonyl (C=O) groups excluding carboxylic acids is 1. The highest BCUT2D eigenvalue weighted by Gasteiger charge is 2.57. The average Bonchev–Trinajstić information content (AvgIpc) is 3.34. The summed E-state index contributed by atoms with van der Waals surface area (Å²) < 4.78 is 87.5. The summed E-state index contributed by atoms with van der Waals surface area (Å²) in [5, 5.41) is 13.6. The molecule has 2 aromatic carbocycles. The number of benzene rings is 2. The molecular formula is C29H25F5N4O5. The maximum Gasteiger partial charge on any atom is 0.424 e. The molecule has 226 valence electrons. The fraction of sp³-hybridized carbons (Fsp3) is 0.310. The number of methoxy groups -OCH3 is 2. The van der Waals surface area contributed by atoms with Gasteiger partial charge in [0.1, 0.15) is 41.8 Å². The Morgan fingerprint density at radius 1 is 1.12 bits per heavy atom. The van der Waals surface area contributed by atoms with Crippen LogP contribution in [0.3, 0.4) is 0 Å². The van der Waals surface area contributed by atoms with Crippen molar-refractivity contribution in [2.24, 2.45) is 0 Å². The van der Waals surface area contributed by atoms with Crippen LogP contribution in [0.5, 0.6) is 17.5 Å². The first kappa shape index (κ1) is 29.9. The molecule has 1 aliphatic heterocycles. The molecule has 0 saturated carbocycles. The Labute approximate surface area is 241 Å². The summed E-state index contributed by atoms with van der Waals surface area (Å²) in [7, 11) is 2.68. The third-order valence-electron chi connectivity index (χ3n) is 7.26. The van der Waals surface area contributed by atoms with Gasteiger partial charge in [-0.2, -0.15) is 18.2 Å². The van der Waals surface area contributed by atoms with Gasteiger partial charge >= 0.3 is 12.2 Å². The maximum atomic E-state index is 14.6. The van der Waals surface area contributed by atoms with Crippen LogP contribution in [0.4, 0.5) is 22.0 Å². The first-order valence-corrected chi connectivity index (χ1v) is 12.8. The first-order valence-electron chi connectivity index (χ1n) is 12.8. The molecule has 3 heterocycles. The normalized spacial score (nSPS) is 17.6. The van der Waals surface area contributed by atoms with Gasteiger partial charge in [0.2, 0.25) is 5.60 Å². The van der Waals surface area contributed by atoms with Crippen molar-refractivity contribution < 1.29 is 46.1 Å². The van der Waals surface area contributed by atoms with Crippen LogP contribution in [0.15, 0.2) is 48.7 Å². The summed E-state index contributed by atoms with van der Waals surface area (Å²) in [4.78, 5) is 25.3. The van der Waals surface area contributed by atoms with Crippen molar-refractivity contribution in [1.82, 2.24) is 20.3 Å². The van der Waals surface area contributed by atoms with Crippen molar-refractivity contribution in [3.05, 3.63) is 71.3 Å². The molecule has 14 heteroatoms. The van der Waals surface area contributed by atoms with Crippen LogP contribution in [0.25, 0.3) is 22.2 Å². The molecule has 2 N–H and O–H groups in total. The van der Waals surface area contributed by atoms with Gasteiger partial charge in [0.05, 0.1) is 31.9 Å². The fourth-order valence-corrected chi connectivity index (χ4v) is 4.69. The Morgan fingerprint density at radius 2 is 1.84 bits per heavy atom. The molecule has 0 bridgehead atoms. The molecule has 1 amide bonds. The van der Waals surface area contributed by atoms with E-state index < -0.39 is 47.8 Å². The summed E-state index contributed by atoms with van der Waals surface area (Å²) in [6.07, 6.45) is -4.00. The highest BCUT2D eigenvalue weighted by Crippen LogP contribution is 2.48. The van der Waals surface area contributed by atoms with Crippen LogP contribution >= 0.6 is 0 Å². The number of rotatable bonds is 8. The highest BCUT2D eigenvalue weighted by atomic mass is 19.4. The van der Waals surface area contributed by atoms with Gasteiger partial charge in [0.15, 0.2) is 0 Å². The van der Waals surface area contributed by atoms with Crippen molar-refractivity contribution in [3.8, 4) is 28.8 Å². The number of halogens is 5. The molecule has 43 heavy (non-hydrogen) atoms. The molecule has 1 aliphatic rings. The second kappa shape index (κ2) is 10.9. The molecule has 2 aromatic heterocycles. The number of pyridine rings is 1. The van der Waals surface area contributed by atoms with Crippen LogP contribution < -0.4 is 19.5 Å². The van der Waals surface area contributed by atoms with Crippen molar-refractivity contribution in [3.63, 3.8) is 0 Å². The molecule has 0 aliphatic carbocycles. The van der Waals surface area contributed by atoms with Crippen LogP contribution in [0.2, 0.25) is 0 Å². The summed E-state index contributed by atoms with van der Waals surface area (Å²) in [6, 6.07) is 8.27. The Balaban J connectivity index is 1.55. The predicted octanol–water partition coefficient (Wildman–Crippen LogP) is 4.65. The Hall–Kier alpha value is -4.59. The van der Waals surface area contributed by atoms with E-state index in [-0.39, 0.29) is 46.5 Å². The standard InChI is InChI=1S/C29H25F5N4O5/c1-27(12-30)14-43-24-19(27)10-21(37-23(24)15-4-6-18(31)7-5-15)28(40,29(32,33)34)13-36-25(39)16-8-17-11-35-26(42-3)38-22(17)20(9-16)41-2/h4-11,40H,12-14H2,1-3H3,(H,36,39)/t27-,28-/m0/s1. The fourth-order valence-electron chi connectivity index (χ4n) is 4.69. The van der Waals surface area contributed by atoms with E-state index in [0.29, 0.717) is 10.9 Å². The van der Waals surface area contributed by atoms with Gasteiger partial charge in [0.25, 0.3) is 5.91 Å². The van der Waals surface area contributed by atoms with E-state index in [4.69, 9.17) is 14.2 Å². The number of alkyl halides is 4. The van der Waals surface area contributed by atoms with Crippen molar-refractivity contribution in [2.45, 2.75) is 24.1 Å². The van der Waals surface area contributed by atoms with E-state index in [9.17, 15) is 31.9 Å². The second-order valence-corrected chi connectivity index (χ2v) is 10.2. The minimum Gasteiger partial charge on any atom is -0.494 e. The van der Waals surface area contributed by atoms with Gasteiger partial charge in [-0.1, -0.05) is 0 Å². The minimum absolute atomic E-state index is 0.0196. The van der Waals surface area contributed by atoms with Crippen LogP contribution in [-0.2, 0) is 11.0 Å². The third kappa shape index (κ3) is 5.26. The Bertz CT molecular complexity index is 1700. The lowest BCUT2D eigenvalue weighted by Crippen LogP contribution is -2.51. The van der Waals surface area contributed by atoms with Gasteiger partial charge in [-0.3, -0.25) is 4.79 Å². The zero-order valence-electron chi connectivity index (χ0n) is 23.1. The summed E-state index contributed by atoms with van der Waals surface area (Å²) in [5.41, 5.74) is -5.69. The van der Waals surface area contributed by atoms with Crippen LogP contribution in [0, 0.1) is 5.82 Å². The number of hydrogen-bond acceptors (Lipinski definition) is 8. The van der Waals surface area contributed by atoms with E-state index in [1.807, 2.05) is 0 Å². The quantitative estimate of drug-likeness (QED) is 0.280. The zero-order valence-corrected chi connectivity index (χ0v) is 23.1. The lowest BCUT2D eigenvalue weighted by Gasteiger charge is -2.31. The molecule has 9 nitrogen and oxygen atoms in total. The second-order valence-electron chi connectivity index (χ2n) is 10.2. The van der Waals surface area contributed by atoms with Gasteiger partial charge in [-0.05, 0) is 49.4 Å².